The molecule has 0 spiro atoms. The fourth-order valence-electron chi connectivity index (χ4n) is 1.58. The molecule has 0 aliphatic carbocycles. The van der Waals surface area contributed by atoms with Crippen molar-refractivity contribution in [3.8, 4) is 11.5 Å². The third-order valence-corrected chi connectivity index (χ3v) is 2.29. The first-order valence-electron chi connectivity index (χ1n) is 4.94. The average Bonchev–Trinajstić information content (AvgIpc) is 2.19. The van der Waals surface area contributed by atoms with Crippen molar-refractivity contribution in [2.45, 2.75) is 20.3 Å². The molecule has 0 bridgehead atoms. The lowest BCUT2D eigenvalue weighted by molar-refractivity contribution is 0.397. The highest BCUT2D eigenvalue weighted by Gasteiger charge is 2.08. The van der Waals surface area contributed by atoms with Gasteiger partial charge in [0.15, 0.2) is 0 Å². The second-order valence-corrected chi connectivity index (χ2v) is 3.77. The molecule has 0 fully saturated rings. The number of allylic oxidation sites excluding steroid dienone is 1. The van der Waals surface area contributed by atoms with E-state index in [2.05, 4.69) is 6.58 Å². The molecule has 1 aromatic rings. The number of ether oxygens (including phenoxy) is 2. The van der Waals surface area contributed by atoms with Crippen molar-refractivity contribution in [1.82, 2.24) is 0 Å². The predicted molar refractivity (Wildman–Crippen MR) is 62.8 cm³/mol. The zero-order valence-corrected chi connectivity index (χ0v) is 9.89. The van der Waals surface area contributed by atoms with Gasteiger partial charge in [-0.2, -0.15) is 0 Å². The first kappa shape index (κ1) is 11.6. The van der Waals surface area contributed by atoms with Crippen molar-refractivity contribution in [3.63, 3.8) is 0 Å². The molecular weight excluding hydrogens is 188 g/mol. The Bertz CT molecular complexity index is 367. The molecule has 0 saturated heterocycles. The first-order chi connectivity index (χ1) is 7.08. The molecule has 0 aliphatic rings. The summed E-state index contributed by atoms with van der Waals surface area (Å²) in [5.74, 6) is 1.79. The van der Waals surface area contributed by atoms with Crippen LogP contribution in [0, 0.1) is 6.92 Å². The van der Waals surface area contributed by atoms with E-state index in [-0.39, 0.29) is 0 Å². The van der Waals surface area contributed by atoms with Crippen LogP contribution in [0.25, 0.3) is 0 Å². The first-order valence-corrected chi connectivity index (χ1v) is 4.94. The molecule has 82 valence electrons. The molecule has 0 amide bonds. The molecule has 0 aliphatic heterocycles. The van der Waals surface area contributed by atoms with E-state index in [1.165, 1.54) is 0 Å². The lowest BCUT2D eigenvalue weighted by atomic mass is 10.0. The van der Waals surface area contributed by atoms with Gasteiger partial charge in [0.05, 0.1) is 14.2 Å². The molecule has 0 saturated carbocycles. The van der Waals surface area contributed by atoms with Crippen LogP contribution in [0.4, 0.5) is 0 Å². The second kappa shape index (κ2) is 4.87. The Kier molecular flexibility index (Phi) is 3.78. The highest BCUT2D eigenvalue weighted by Crippen LogP contribution is 2.29. The van der Waals surface area contributed by atoms with Crippen LogP contribution in [0.15, 0.2) is 24.3 Å². The zero-order valence-electron chi connectivity index (χ0n) is 9.89. The van der Waals surface area contributed by atoms with Crippen molar-refractivity contribution in [3.05, 3.63) is 35.4 Å². The topological polar surface area (TPSA) is 18.5 Å². The van der Waals surface area contributed by atoms with Crippen molar-refractivity contribution in [1.29, 1.82) is 0 Å². The van der Waals surface area contributed by atoms with Crippen LogP contribution < -0.4 is 9.47 Å². The van der Waals surface area contributed by atoms with E-state index in [0.29, 0.717) is 0 Å². The molecule has 1 aromatic carbocycles. The molecule has 0 N–H and O–H groups in total. The maximum Gasteiger partial charge on any atom is 0.122 e. The second-order valence-electron chi connectivity index (χ2n) is 3.77. The number of hydrogen-bond acceptors (Lipinski definition) is 2. The minimum atomic E-state index is 0.819. The van der Waals surface area contributed by atoms with Crippen LogP contribution in [0.3, 0.4) is 0 Å². The van der Waals surface area contributed by atoms with Gasteiger partial charge >= 0.3 is 0 Å². The maximum atomic E-state index is 5.33. The molecule has 2 nitrogen and oxygen atoms in total. The zero-order chi connectivity index (χ0) is 11.4. The van der Waals surface area contributed by atoms with Crippen LogP contribution in [-0.2, 0) is 6.42 Å². The normalized spacial score (nSPS) is 9.87. The number of rotatable bonds is 4. The van der Waals surface area contributed by atoms with Gasteiger partial charge in [-0.15, -0.1) is 0 Å². The largest absolute Gasteiger partial charge is 0.496 e. The van der Waals surface area contributed by atoms with Gasteiger partial charge in [-0.05, 0) is 38.0 Å². The molecule has 0 aromatic heterocycles. The Morgan fingerprint density at radius 2 is 1.80 bits per heavy atom. The molecule has 0 heterocycles. The summed E-state index contributed by atoms with van der Waals surface area (Å²) in [5.41, 5.74) is 3.31. The fraction of sp³-hybridized carbons (Fsp3) is 0.385. The number of benzene rings is 1. The van der Waals surface area contributed by atoms with E-state index >= 15 is 0 Å². The van der Waals surface area contributed by atoms with Gasteiger partial charge in [0.25, 0.3) is 0 Å². The van der Waals surface area contributed by atoms with Gasteiger partial charge in [0, 0.05) is 5.56 Å². The van der Waals surface area contributed by atoms with Crippen molar-refractivity contribution < 1.29 is 9.47 Å². The Morgan fingerprint density at radius 3 is 2.27 bits per heavy atom. The van der Waals surface area contributed by atoms with Crippen LogP contribution >= 0.6 is 0 Å². The number of aryl methyl sites for hydroxylation is 1. The van der Waals surface area contributed by atoms with E-state index in [1.54, 1.807) is 14.2 Å². The van der Waals surface area contributed by atoms with E-state index in [1.807, 2.05) is 26.0 Å². The van der Waals surface area contributed by atoms with Gasteiger partial charge in [-0.1, -0.05) is 12.2 Å². The van der Waals surface area contributed by atoms with E-state index in [9.17, 15) is 0 Å². The minimum Gasteiger partial charge on any atom is -0.496 e. The summed E-state index contributed by atoms with van der Waals surface area (Å²) in [7, 11) is 3.36. The highest BCUT2D eigenvalue weighted by molar-refractivity contribution is 5.47. The Labute approximate surface area is 91.5 Å². The number of methoxy groups -OCH3 is 2. The SMILES string of the molecule is C=C(C)Cc1cc(OC)c(C)cc1OC. The van der Waals surface area contributed by atoms with Gasteiger partial charge in [-0.3, -0.25) is 0 Å². The highest BCUT2D eigenvalue weighted by atomic mass is 16.5. The Morgan fingerprint density at radius 1 is 1.20 bits per heavy atom. The van der Waals surface area contributed by atoms with Crippen LogP contribution in [0.5, 0.6) is 11.5 Å². The monoisotopic (exact) mass is 206 g/mol. The van der Waals surface area contributed by atoms with Crippen molar-refractivity contribution >= 4 is 0 Å². The fourth-order valence-corrected chi connectivity index (χ4v) is 1.58. The molecule has 0 atom stereocenters. The molecule has 0 unspecified atom stereocenters. The standard InChI is InChI=1S/C13H18O2/c1-9(2)6-11-8-12(14-4)10(3)7-13(11)15-5/h7-8H,1,6H2,2-5H3. The average molecular weight is 206 g/mol. The summed E-state index contributed by atoms with van der Waals surface area (Å²) in [4.78, 5) is 0. The van der Waals surface area contributed by atoms with Gasteiger partial charge in [0.1, 0.15) is 11.5 Å². The Hall–Kier alpha value is -1.44. The third kappa shape index (κ3) is 2.75. The molecule has 0 radical (unpaired) electrons. The van der Waals surface area contributed by atoms with Crippen molar-refractivity contribution in [2.75, 3.05) is 14.2 Å². The smallest absolute Gasteiger partial charge is 0.122 e. The lowest BCUT2D eigenvalue weighted by Crippen LogP contribution is -1.96. The summed E-state index contributed by atoms with van der Waals surface area (Å²) in [5, 5.41) is 0. The lowest BCUT2D eigenvalue weighted by Gasteiger charge is -2.12. The maximum absolute atomic E-state index is 5.33. The van der Waals surface area contributed by atoms with Crippen LogP contribution in [0.1, 0.15) is 18.1 Å². The van der Waals surface area contributed by atoms with E-state index < -0.39 is 0 Å². The van der Waals surface area contributed by atoms with E-state index in [4.69, 9.17) is 9.47 Å². The van der Waals surface area contributed by atoms with Gasteiger partial charge < -0.3 is 9.47 Å². The summed E-state index contributed by atoms with van der Waals surface area (Å²) < 4.78 is 10.6. The van der Waals surface area contributed by atoms with Crippen LogP contribution in [-0.4, -0.2) is 14.2 Å². The van der Waals surface area contributed by atoms with Crippen LogP contribution in [0.2, 0.25) is 0 Å². The summed E-state index contributed by atoms with van der Waals surface area (Å²) in [6, 6.07) is 4.01. The van der Waals surface area contributed by atoms with Gasteiger partial charge in [-0.25, -0.2) is 0 Å². The summed E-state index contributed by atoms with van der Waals surface area (Å²) in [6.07, 6.45) is 0.819. The Balaban J connectivity index is 3.16. The summed E-state index contributed by atoms with van der Waals surface area (Å²) in [6.45, 7) is 7.92. The quantitative estimate of drug-likeness (QED) is 0.705. The third-order valence-electron chi connectivity index (χ3n) is 2.29. The summed E-state index contributed by atoms with van der Waals surface area (Å²) >= 11 is 0. The minimum absolute atomic E-state index is 0.819. The molecule has 15 heavy (non-hydrogen) atoms. The van der Waals surface area contributed by atoms with E-state index in [0.717, 1.165) is 34.6 Å². The number of hydrogen-bond donors (Lipinski definition) is 0. The molecule has 2 heteroatoms. The molecular formula is C13H18O2. The predicted octanol–water partition coefficient (Wildman–Crippen LogP) is 3.13. The van der Waals surface area contributed by atoms with Crippen molar-refractivity contribution in [2.24, 2.45) is 0 Å². The van der Waals surface area contributed by atoms with Gasteiger partial charge in [0.2, 0.25) is 0 Å². The molecule has 1 rings (SSSR count).